The Bertz CT molecular complexity index is 934. The zero-order valence-electron chi connectivity index (χ0n) is 15.3. The number of amides is 1. The number of likely N-dealkylation sites (N-methyl/N-ethyl adjacent to an activating group) is 1. The highest BCUT2D eigenvalue weighted by atomic mass is 16.5. The average Bonchev–Trinajstić information content (AvgIpc) is 2.65. The summed E-state index contributed by atoms with van der Waals surface area (Å²) in [6.45, 7) is 1.93. The number of fused-ring (bicyclic) bond motifs is 1. The van der Waals surface area contributed by atoms with Crippen molar-refractivity contribution in [3.8, 4) is 22.6 Å². The van der Waals surface area contributed by atoms with Crippen molar-refractivity contribution in [3.05, 3.63) is 60.7 Å². The monoisotopic (exact) mass is 349 g/mol. The molecule has 0 aliphatic heterocycles. The molecule has 1 N–H and O–H groups in total. The van der Waals surface area contributed by atoms with Crippen molar-refractivity contribution < 1.29 is 14.6 Å². The maximum absolute atomic E-state index is 12.4. The van der Waals surface area contributed by atoms with E-state index in [-0.39, 0.29) is 11.7 Å². The predicted octanol–water partition coefficient (Wildman–Crippen LogP) is 4.46. The minimum Gasteiger partial charge on any atom is -0.508 e. The van der Waals surface area contributed by atoms with Gasteiger partial charge in [0.2, 0.25) is 0 Å². The zero-order valence-corrected chi connectivity index (χ0v) is 15.3. The Kier molecular flexibility index (Phi) is 5.12. The molecule has 0 saturated carbocycles. The van der Waals surface area contributed by atoms with E-state index < -0.39 is 6.10 Å². The van der Waals surface area contributed by atoms with Crippen molar-refractivity contribution in [1.29, 1.82) is 0 Å². The Morgan fingerprint density at radius 1 is 1.08 bits per heavy atom. The van der Waals surface area contributed by atoms with Crippen molar-refractivity contribution in [2.45, 2.75) is 19.4 Å². The molecule has 1 unspecified atom stereocenters. The van der Waals surface area contributed by atoms with Gasteiger partial charge in [0.1, 0.15) is 11.5 Å². The van der Waals surface area contributed by atoms with Gasteiger partial charge < -0.3 is 14.7 Å². The fourth-order valence-electron chi connectivity index (χ4n) is 3.06. The molecule has 0 aliphatic rings. The first-order valence-electron chi connectivity index (χ1n) is 8.70. The number of nitrogens with zero attached hydrogens (tertiary/aromatic N) is 1. The third kappa shape index (κ3) is 3.49. The highest BCUT2D eigenvalue weighted by molar-refractivity contribution is 6.00. The molecular formula is C22H23NO3. The van der Waals surface area contributed by atoms with Crippen molar-refractivity contribution in [1.82, 2.24) is 4.90 Å². The van der Waals surface area contributed by atoms with E-state index in [2.05, 4.69) is 0 Å². The van der Waals surface area contributed by atoms with Gasteiger partial charge in [-0.1, -0.05) is 49.4 Å². The Morgan fingerprint density at radius 2 is 1.85 bits per heavy atom. The smallest absolute Gasteiger partial charge is 0.263 e. The molecule has 3 aromatic carbocycles. The standard InChI is InChI=1S/C22H23NO3/c1-4-19(22(25)23(2)3)26-20-13-12-15-8-5-6-11-18(15)21(20)16-9-7-10-17(24)14-16/h5-14,19,24H,4H2,1-3H3. The van der Waals surface area contributed by atoms with Crippen molar-refractivity contribution in [2.24, 2.45) is 0 Å². The SMILES string of the molecule is CCC(Oc1ccc2ccccc2c1-c1cccc(O)c1)C(=O)N(C)C. The number of aromatic hydroxyl groups is 1. The van der Waals surface area contributed by atoms with Crippen LogP contribution < -0.4 is 4.74 Å². The van der Waals surface area contributed by atoms with Crippen molar-refractivity contribution in [2.75, 3.05) is 14.1 Å². The first-order valence-corrected chi connectivity index (χ1v) is 8.70. The summed E-state index contributed by atoms with van der Waals surface area (Å²) in [7, 11) is 3.45. The number of carbonyl (C=O) groups excluding carboxylic acids is 1. The highest BCUT2D eigenvalue weighted by Crippen LogP contribution is 2.38. The van der Waals surface area contributed by atoms with Gasteiger partial charge in [-0.05, 0) is 41.0 Å². The van der Waals surface area contributed by atoms with Crippen LogP contribution in [0.25, 0.3) is 21.9 Å². The van der Waals surface area contributed by atoms with Gasteiger partial charge in [0.05, 0.1) is 0 Å². The molecule has 4 nitrogen and oxygen atoms in total. The second-order valence-corrected chi connectivity index (χ2v) is 6.46. The first kappa shape index (κ1) is 17.8. The second kappa shape index (κ2) is 7.48. The molecule has 0 radical (unpaired) electrons. The normalized spacial score (nSPS) is 12.0. The summed E-state index contributed by atoms with van der Waals surface area (Å²) in [5, 5.41) is 12.0. The van der Waals surface area contributed by atoms with Crippen LogP contribution in [0.15, 0.2) is 60.7 Å². The van der Waals surface area contributed by atoms with E-state index in [9.17, 15) is 9.90 Å². The van der Waals surface area contributed by atoms with Crippen LogP contribution in [0.3, 0.4) is 0 Å². The van der Waals surface area contributed by atoms with E-state index in [1.165, 1.54) is 0 Å². The van der Waals surface area contributed by atoms with Gasteiger partial charge in [-0.25, -0.2) is 0 Å². The lowest BCUT2D eigenvalue weighted by Crippen LogP contribution is -2.37. The molecule has 0 saturated heterocycles. The molecule has 1 atom stereocenters. The minimum absolute atomic E-state index is 0.0671. The molecule has 0 heterocycles. The van der Waals surface area contributed by atoms with Gasteiger partial charge in [-0.15, -0.1) is 0 Å². The second-order valence-electron chi connectivity index (χ2n) is 6.46. The molecule has 3 rings (SSSR count). The van der Waals surface area contributed by atoms with E-state index in [1.54, 1.807) is 37.2 Å². The number of rotatable bonds is 5. The van der Waals surface area contributed by atoms with Crippen LogP contribution >= 0.6 is 0 Å². The first-order chi connectivity index (χ1) is 12.5. The van der Waals surface area contributed by atoms with Crippen LogP contribution in [0.4, 0.5) is 0 Å². The highest BCUT2D eigenvalue weighted by Gasteiger charge is 2.22. The van der Waals surface area contributed by atoms with Crippen molar-refractivity contribution in [3.63, 3.8) is 0 Å². The Labute approximate surface area is 153 Å². The van der Waals surface area contributed by atoms with E-state index in [0.29, 0.717) is 12.2 Å². The number of phenols is 1. The van der Waals surface area contributed by atoms with Crippen LogP contribution in [-0.4, -0.2) is 36.1 Å². The number of hydrogen-bond donors (Lipinski definition) is 1. The van der Waals surface area contributed by atoms with Gasteiger partial charge in [-0.3, -0.25) is 4.79 Å². The number of phenolic OH excluding ortho intramolecular Hbond substituents is 1. The fourth-order valence-corrected chi connectivity index (χ4v) is 3.06. The third-order valence-electron chi connectivity index (χ3n) is 4.38. The molecule has 1 amide bonds. The molecule has 134 valence electrons. The molecular weight excluding hydrogens is 326 g/mol. The molecule has 4 heteroatoms. The van der Waals surface area contributed by atoms with Crippen LogP contribution in [0.2, 0.25) is 0 Å². The van der Waals surface area contributed by atoms with Crippen LogP contribution in [0.1, 0.15) is 13.3 Å². The largest absolute Gasteiger partial charge is 0.508 e. The van der Waals surface area contributed by atoms with Gasteiger partial charge in [0, 0.05) is 19.7 Å². The molecule has 0 fully saturated rings. The molecule has 3 aromatic rings. The summed E-state index contributed by atoms with van der Waals surface area (Å²) in [6.07, 6.45) is 0.0192. The lowest BCUT2D eigenvalue weighted by Gasteiger charge is -2.23. The summed E-state index contributed by atoms with van der Waals surface area (Å²) in [6, 6.07) is 19.0. The number of hydrogen-bond acceptors (Lipinski definition) is 3. The number of carbonyl (C=O) groups is 1. The predicted molar refractivity (Wildman–Crippen MR) is 104 cm³/mol. The maximum Gasteiger partial charge on any atom is 0.263 e. The van der Waals surface area contributed by atoms with Gasteiger partial charge in [0.25, 0.3) is 5.91 Å². The summed E-state index contributed by atoms with van der Waals surface area (Å²) < 4.78 is 6.15. The Balaban J connectivity index is 2.16. The third-order valence-corrected chi connectivity index (χ3v) is 4.38. The van der Waals surface area contributed by atoms with E-state index >= 15 is 0 Å². The van der Waals surface area contributed by atoms with Gasteiger partial charge in [-0.2, -0.15) is 0 Å². The zero-order chi connectivity index (χ0) is 18.7. The van der Waals surface area contributed by atoms with Crippen LogP contribution in [-0.2, 0) is 4.79 Å². The van der Waals surface area contributed by atoms with E-state index in [0.717, 1.165) is 21.9 Å². The van der Waals surface area contributed by atoms with E-state index in [1.807, 2.05) is 49.4 Å². The molecule has 0 aromatic heterocycles. The average molecular weight is 349 g/mol. The Morgan fingerprint density at radius 3 is 2.54 bits per heavy atom. The van der Waals surface area contributed by atoms with Crippen LogP contribution in [0, 0.1) is 0 Å². The van der Waals surface area contributed by atoms with Crippen molar-refractivity contribution >= 4 is 16.7 Å². The van der Waals surface area contributed by atoms with E-state index in [4.69, 9.17) is 4.74 Å². The molecule has 0 aliphatic carbocycles. The minimum atomic E-state index is -0.553. The summed E-state index contributed by atoms with van der Waals surface area (Å²) >= 11 is 0. The lowest BCUT2D eigenvalue weighted by molar-refractivity contribution is -0.136. The summed E-state index contributed by atoms with van der Waals surface area (Å²) in [5.74, 6) is 0.761. The fraction of sp³-hybridized carbons (Fsp3) is 0.227. The summed E-state index contributed by atoms with van der Waals surface area (Å²) in [4.78, 5) is 13.9. The maximum atomic E-state index is 12.4. The molecule has 0 bridgehead atoms. The van der Waals surface area contributed by atoms with Crippen LogP contribution in [0.5, 0.6) is 11.5 Å². The number of benzene rings is 3. The Hall–Kier alpha value is -3.01. The van der Waals surface area contributed by atoms with Gasteiger partial charge in [0.15, 0.2) is 6.10 Å². The molecule has 0 spiro atoms. The lowest BCUT2D eigenvalue weighted by atomic mass is 9.97. The molecule has 26 heavy (non-hydrogen) atoms. The van der Waals surface area contributed by atoms with Gasteiger partial charge >= 0.3 is 0 Å². The summed E-state index contributed by atoms with van der Waals surface area (Å²) in [5.41, 5.74) is 1.73. The quantitative estimate of drug-likeness (QED) is 0.740. The topological polar surface area (TPSA) is 49.8 Å². The number of ether oxygens (including phenoxy) is 1.